The van der Waals surface area contributed by atoms with E-state index in [1.807, 2.05) is 10.9 Å². The number of carbonyl (C=O) groups excluding carboxylic acids is 2. The van der Waals surface area contributed by atoms with Crippen LogP contribution in [0.4, 0.5) is 10.5 Å². The zero-order valence-electron chi connectivity index (χ0n) is 17.4. The molecule has 3 rings (SSSR count). The van der Waals surface area contributed by atoms with E-state index in [1.54, 1.807) is 32.9 Å². The third-order valence-electron chi connectivity index (χ3n) is 5.15. The lowest BCUT2D eigenvalue weighted by Crippen LogP contribution is -2.27. The number of methoxy groups -OCH3 is 1. The third-order valence-corrected chi connectivity index (χ3v) is 5.15. The molecule has 1 heterocycles. The first-order valence-corrected chi connectivity index (χ1v) is 9.92. The van der Waals surface area contributed by atoms with Crippen molar-refractivity contribution < 1.29 is 24.2 Å². The SMILES string of the molecule is COC(=O)c1cc2nn([C@H]3CC[C@H](CO)CC3)cc2cc1NC(=O)OC(C)(C)C. The number of benzene rings is 1. The summed E-state index contributed by atoms with van der Waals surface area (Å²) >= 11 is 0. The summed E-state index contributed by atoms with van der Waals surface area (Å²) in [5, 5.41) is 17.4. The minimum atomic E-state index is -0.655. The van der Waals surface area contributed by atoms with Crippen LogP contribution in [0, 0.1) is 5.92 Å². The molecule has 0 saturated heterocycles. The van der Waals surface area contributed by atoms with Crippen LogP contribution in [0.2, 0.25) is 0 Å². The summed E-state index contributed by atoms with van der Waals surface area (Å²) < 4.78 is 12.1. The third kappa shape index (κ3) is 5.06. The summed E-state index contributed by atoms with van der Waals surface area (Å²) in [6, 6.07) is 3.60. The van der Waals surface area contributed by atoms with Crippen LogP contribution in [0.3, 0.4) is 0 Å². The van der Waals surface area contributed by atoms with E-state index < -0.39 is 17.7 Å². The van der Waals surface area contributed by atoms with Crippen molar-refractivity contribution in [3.63, 3.8) is 0 Å². The van der Waals surface area contributed by atoms with Crippen LogP contribution in [0.25, 0.3) is 10.9 Å². The van der Waals surface area contributed by atoms with Gasteiger partial charge in [0.1, 0.15) is 5.60 Å². The number of aliphatic hydroxyl groups excluding tert-OH is 1. The van der Waals surface area contributed by atoms with Crippen molar-refractivity contribution in [1.29, 1.82) is 0 Å². The Labute approximate surface area is 170 Å². The largest absolute Gasteiger partial charge is 0.465 e. The molecular weight excluding hydrogens is 374 g/mol. The highest BCUT2D eigenvalue weighted by Crippen LogP contribution is 2.33. The van der Waals surface area contributed by atoms with Gasteiger partial charge in [-0.1, -0.05) is 0 Å². The van der Waals surface area contributed by atoms with Crippen molar-refractivity contribution >= 4 is 28.7 Å². The first kappa shape index (κ1) is 21.1. The smallest absolute Gasteiger partial charge is 0.412 e. The van der Waals surface area contributed by atoms with Gasteiger partial charge in [0.2, 0.25) is 0 Å². The first-order chi connectivity index (χ1) is 13.7. The van der Waals surface area contributed by atoms with E-state index in [0.717, 1.165) is 31.1 Å². The van der Waals surface area contributed by atoms with Gasteiger partial charge in [0, 0.05) is 18.2 Å². The maximum atomic E-state index is 12.2. The van der Waals surface area contributed by atoms with Gasteiger partial charge >= 0.3 is 12.1 Å². The number of amides is 1. The highest BCUT2D eigenvalue weighted by atomic mass is 16.6. The highest BCUT2D eigenvalue weighted by molar-refractivity contribution is 6.04. The minimum Gasteiger partial charge on any atom is -0.465 e. The minimum absolute atomic E-state index is 0.222. The number of ether oxygens (including phenoxy) is 2. The molecular formula is C21H29N3O5. The number of aromatic nitrogens is 2. The predicted octanol–water partition coefficient (Wildman–Crippen LogP) is 3.89. The Kier molecular flexibility index (Phi) is 6.12. The normalized spacial score (nSPS) is 19.8. The van der Waals surface area contributed by atoms with Crippen LogP contribution < -0.4 is 5.32 Å². The van der Waals surface area contributed by atoms with E-state index >= 15 is 0 Å². The second kappa shape index (κ2) is 8.41. The average molecular weight is 403 g/mol. The number of hydrogen-bond acceptors (Lipinski definition) is 6. The summed E-state index contributed by atoms with van der Waals surface area (Å²) in [5.41, 5.74) is 0.546. The van der Waals surface area contributed by atoms with Crippen molar-refractivity contribution in [2.24, 2.45) is 5.92 Å². The fourth-order valence-corrected chi connectivity index (χ4v) is 3.67. The standard InChI is InChI=1S/C21H29N3O5/c1-21(2,3)29-20(27)22-18-9-14-11-24(15-7-5-13(12-25)6-8-15)23-17(14)10-16(18)19(26)28-4/h9-11,13,15,25H,5-8,12H2,1-4H3,(H,22,27)/t13-,15-. The van der Waals surface area contributed by atoms with Crippen molar-refractivity contribution in [1.82, 2.24) is 9.78 Å². The van der Waals surface area contributed by atoms with Crippen molar-refractivity contribution in [2.75, 3.05) is 19.0 Å². The van der Waals surface area contributed by atoms with E-state index in [1.165, 1.54) is 7.11 Å². The Bertz CT molecular complexity index is 892. The second-order valence-corrected chi connectivity index (χ2v) is 8.54. The molecule has 0 unspecified atom stereocenters. The Morgan fingerprint density at radius 2 is 1.93 bits per heavy atom. The number of nitrogens with zero attached hydrogens (tertiary/aromatic N) is 2. The van der Waals surface area contributed by atoms with E-state index in [2.05, 4.69) is 10.4 Å². The predicted molar refractivity (Wildman–Crippen MR) is 109 cm³/mol. The Morgan fingerprint density at radius 3 is 2.52 bits per heavy atom. The molecule has 8 nitrogen and oxygen atoms in total. The molecule has 8 heteroatoms. The summed E-state index contributed by atoms with van der Waals surface area (Å²) in [6.07, 6.45) is 5.13. The topological polar surface area (TPSA) is 103 Å². The summed E-state index contributed by atoms with van der Waals surface area (Å²) in [5.74, 6) is -0.192. The molecule has 0 aliphatic heterocycles. The zero-order chi connectivity index (χ0) is 21.2. The maximum Gasteiger partial charge on any atom is 0.412 e. The maximum absolute atomic E-state index is 12.2. The van der Waals surface area contributed by atoms with Crippen LogP contribution in [0.1, 0.15) is 62.9 Å². The molecule has 0 spiro atoms. The van der Waals surface area contributed by atoms with Gasteiger partial charge in [0.15, 0.2) is 0 Å². The quantitative estimate of drug-likeness (QED) is 0.751. The van der Waals surface area contributed by atoms with Crippen molar-refractivity contribution in [3.8, 4) is 0 Å². The van der Waals surface area contributed by atoms with Gasteiger partial charge in [0.05, 0.1) is 29.9 Å². The molecule has 0 atom stereocenters. The number of carbonyl (C=O) groups is 2. The molecule has 1 aliphatic rings. The van der Waals surface area contributed by atoms with Crippen molar-refractivity contribution in [3.05, 3.63) is 23.9 Å². The fourth-order valence-electron chi connectivity index (χ4n) is 3.67. The molecule has 2 N–H and O–H groups in total. The lowest BCUT2D eigenvalue weighted by atomic mass is 9.87. The van der Waals surface area contributed by atoms with Crippen LogP contribution >= 0.6 is 0 Å². The van der Waals surface area contributed by atoms with Crippen LogP contribution in [0.5, 0.6) is 0 Å². The molecule has 2 aromatic rings. The van der Waals surface area contributed by atoms with Gasteiger partial charge in [-0.25, -0.2) is 9.59 Å². The molecule has 1 fully saturated rings. The molecule has 29 heavy (non-hydrogen) atoms. The van der Waals surface area contributed by atoms with Gasteiger partial charge in [0.25, 0.3) is 0 Å². The molecule has 1 amide bonds. The molecule has 1 aliphatic carbocycles. The Hall–Kier alpha value is -2.61. The zero-order valence-corrected chi connectivity index (χ0v) is 17.4. The molecule has 0 bridgehead atoms. The van der Waals surface area contributed by atoms with Crippen LogP contribution in [-0.4, -0.2) is 46.3 Å². The van der Waals surface area contributed by atoms with E-state index in [0.29, 0.717) is 17.1 Å². The summed E-state index contributed by atoms with van der Waals surface area (Å²) in [6.45, 7) is 5.54. The van der Waals surface area contributed by atoms with E-state index in [9.17, 15) is 14.7 Å². The molecule has 158 valence electrons. The molecule has 1 saturated carbocycles. The van der Waals surface area contributed by atoms with Gasteiger partial charge in [-0.2, -0.15) is 5.10 Å². The van der Waals surface area contributed by atoms with E-state index in [-0.39, 0.29) is 18.2 Å². The number of nitrogens with one attached hydrogen (secondary N) is 1. The Balaban J connectivity index is 1.89. The van der Waals surface area contributed by atoms with Crippen LogP contribution in [-0.2, 0) is 9.47 Å². The molecule has 0 radical (unpaired) electrons. The fraction of sp³-hybridized carbons (Fsp3) is 0.571. The molecule has 1 aromatic heterocycles. The highest BCUT2D eigenvalue weighted by Gasteiger charge is 2.24. The monoisotopic (exact) mass is 403 g/mol. The average Bonchev–Trinajstić information content (AvgIpc) is 3.08. The van der Waals surface area contributed by atoms with Gasteiger partial charge in [-0.3, -0.25) is 10.00 Å². The first-order valence-electron chi connectivity index (χ1n) is 9.92. The second-order valence-electron chi connectivity index (χ2n) is 8.54. The number of fused-ring (bicyclic) bond motifs is 1. The number of hydrogen-bond donors (Lipinski definition) is 2. The van der Waals surface area contributed by atoms with Gasteiger partial charge in [-0.05, 0) is 64.5 Å². The molecule has 1 aromatic carbocycles. The van der Waals surface area contributed by atoms with Crippen LogP contribution in [0.15, 0.2) is 18.3 Å². The van der Waals surface area contributed by atoms with Crippen molar-refractivity contribution in [2.45, 2.75) is 58.1 Å². The van der Waals surface area contributed by atoms with Gasteiger partial charge in [-0.15, -0.1) is 0 Å². The lowest BCUT2D eigenvalue weighted by molar-refractivity contribution is 0.0602. The number of aliphatic hydroxyl groups is 1. The Morgan fingerprint density at radius 1 is 1.24 bits per heavy atom. The number of rotatable bonds is 4. The number of anilines is 1. The summed E-state index contributed by atoms with van der Waals surface area (Å²) in [7, 11) is 1.29. The number of esters is 1. The van der Waals surface area contributed by atoms with Gasteiger partial charge < -0.3 is 14.6 Å². The summed E-state index contributed by atoms with van der Waals surface area (Å²) in [4.78, 5) is 24.5. The van der Waals surface area contributed by atoms with E-state index in [4.69, 9.17) is 9.47 Å². The lowest BCUT2D eigenvalue weighted by Gasteiger charge is -2.27.